The Balaban J connectivity index is 2.29. The average molecular weight is 273 g/mol. The van der Waals surface area contributed by atoms with Gasteiger partial charge in [-0.15, -0.1) is 0 Å². The van der Waals surface area contributed by atoms with Crippen molar-refractivity contribution >= 4 is 17.2 Å². The number of aliphatic hydroxyl groups is 1. The average Bonchev–Trinajstić information content (AvgIpc) is 2.79. The van der Waals surface area contributed by atoms with Gasteiger partial charge in [-0.05, 0) is 19.1 Å². The van der Waals surface area contributed by atoms with Gasteiger partial charge >= 0.3 is 0 Å². The SMILES string of the molecule is Cc1ccc(-c2nc3c(Cl)cccn3c2CO)cc1. The van der Waals surface area contributed by atoms with Crippen LogP contribution in [-0.4, -0.2) is 14.5 Å². The molecule has 2 aromatic heterocycles. The van der Waals surface area contributed by atoms with Crippen LogP contribution in [0.5, 0.6) is 0 Å². The predicted octanol–water partition coefficient (Wildman–Crippen LogP) is 3.46. The summed E-state index contributed by atoms with van der Waals surface area (Å²) in [6.45, 7) is 1.96. The number of hydrogen-bond acceptors (Lipinski definition) is 2. The van der Waals surface area contributed by atoms with Crippen LogP contribution in [0, 0.1) is 6.92 Å². The number of pyridine rings is 1. The molecule has 1 aromatic carbocycles. The molecule has 0 atom stereocenters. The Hall–Kier alpha value is -1.84. The normalized spacial score (nSPS) is 11.1. The molecule has 0 unspecified atom stereocenters. The molecule has 0 fully saturated rings. The lowest BCUT2D eigenvalue weighted by molar-refractivity contribution is 0.276. The quantitative estimate of drug-likeness (QED) is 0.776. The summed E-state index contributed by atoms with van der Waals surface area (Å²) in [5.74, 6) is 0. The molecule has 0 saturated heterocycles. The van der Waals surface area contributed by atoms with E-state index in [1.54, 1.807) is 6.07 Å². The van der Waals surface area contributed by atoms with Crippen molar-refractivity contribution in [3.05, 3.63) is 58.9 Å². The predicted molar refractivity (Wildman–Crippen MR) is 76.3 cm³/mol. The summed E-state index contributed by atoms with van der Waals surface area (Å²) >= 11 is 6.15. The van der Waals surface area contributed by atoms with Crippen molar-refractivity contribution < 1.29 is 5.11 Å². The minimum atomic E-state index is -0.0787. The fourth-order valence-corrected chi connectivity index (χ4v) is 2.38. The highest BCUT2D eigenvalue weighted by molar-refractivity contribution is 6.33. The third kappa shape index (κ3) is 2.01. The molecule has 0 amide bonds. The van der Waals surface area contributed by atoms with Gasteiger partial charge in [0.1, 0.15) is 0 Å². The molecule has 3 rings (SSSR count). The highest BCUT2D eigenvalue weighted by Gasteiger charge is 2.14. The monoisotopic (exact) mass is 272 g/mol. The number of rotatable bonds is 2. The van der Waals surface area contributed by atoms with Crippen LogP contribution in [0.3, 0.4) is 0 Å². The number of fused-ring (bicyclic) bond motifs is 1. The lowest BCUT2D eigenvalue weighted by Crippen LogP contribution is -1.93. The first-order valence-electron chi connectivity index (χ1n) is 6.04. The number of halogens is 1. The van der Waals surface area contributed by atoms with Crippen molar-refractivity contribution in [2.24, 2.45) is 0 Å². The molecule has 3 nitrogen and oxygen atoms in total. The van der Waals surface area contributed by atoms with Gasteiger partial charge in [-0.2, -0.15) is 0 Å². The highest BCUT2D eigenvalue weighted by Crippen LogP contribution is 2.27. The van der Waals surface area contributed by atoms with E-state index < -0.39 is 0 Å². The summed E-state index contributed by atoms with van der Waals surface area (Å²) < 4.78 is 1.83. The van der Waals surface area contributed by atoms with Crippen molar-refractivity contribution in [1.82, 2.24) is 9.38 Å². The minimum absolute atomic E-state index is 0.0787. The second kappa shape index (κ2) is 4.68. The van der Waals surface area contributed by atoms with E-state index in [1.165, 1.54) is 5.56 Å². The number of aryl methyl sites for hydroxylation is 1. The smallest absolute Gasteiger partial charge is 0.156 e. The molecule has 0 aliphatic carbocycles. The van der Waals surface area contributed by atoms with Crippen molar-refractivity contribution in [1.29, 1.82) is 0 Å². The number of benzene rings is 1. The molecule has 3 aromatic rings. The molecule has 0 aliphatic rings. The number of aromatic nitrogens is 2. The Bertz CT molecular complexity index is 732. The van der Waals surface area contributed by atoms with Gasteiger partial charge < -0.3 is 5.11 Å². The molecule has 0 spiro atoms. The molecular formula is C15H13ClN2O. The van der Waals surface area contributed by atoms with Gasteiger partial charge in [0.2, 0.25) is 0 Å². The molecule has 4 heteroatoms. The number of aliphatic hydroxyl groups excluding tert-OH is 1. The van der Waals surface area contributed by atoms with Crippen LogP contribution in [0.1, 0.15) is 11.3 Å². The Labute approximate surface area is 116 Å². The van der Waals surface area contributed by atoms with Crippen molar-refractivity contribution in [3.8, 4) is 11.3 Å². The molecule has 2 heterocycles. The number of nitrogens with zero attached hydrogens (tertiary/aromatic N) is 2. The first-order valence-corrected chi connectivity index (χ1v) is 6.42. The first kappa shape index (κ1) is 12.2. The van der Waals surface area contributed by atoms with Crippen LogP contribution in [0.15, 0.2) is 42.6 Å². The van der Waals surface area contributed by atoms with Gasteiger partial charge in [-0.3, -0.25) is 4.40 Å². The highest BCUT2D eigenvalue weighted by atomic mass is 35.5. The van der Waals surface area contributed by atoms with E-state index in [2.05, 4.69) is 4.98 Å². The van der Waals surface area contributed by atoms with Gasteiger partial charge in [0.25, 0.3) is 0 Å². The van der Waals surface area contributed by atoms with Gasteiger partial charge in [-0.1, -0.05) is 41.4 Å². The zero-order valence-electron chi connectivity index (χ0n) is 10.5. The summed E-state index contributed by atoms with van der Waals surface area (Å²) in [7, 11) is 0. The summed E-state index contributed by atoms with van der Waals surface area (Å²) in [5, 5.41) is 10.2. The van der Waals surface area contributed by atoms with E-state index in [-0.39, 0.29) is 6.61 Å². The van der Waals surface area contributed by atoms with Crippen LogP contribution < -0.4 is 0 Å². The molecule has 19 heavy (non-hydrogen) atoms. The fraction of sp³-hybridized carbons (Fsp3) is 0.133. The van der Waals surface area contributed by atoms with Crippen LogP contribution in [0.2, 0.25) is 5.02 Å². The maximum absolute atomic E-state index is 9.61. The second-order valence-corrected chi connectivity index (χ2v) is 4.89. The zero-order valence-corrected chi connectivity index (χ0v) is 11.2. The van der Waals surface area contributed by atoms with Gasteiger partial charge in [0.05, 0.1) is 23.0 Å². The molecule has 96 valence electrons. The third-order valence-electron chi connectivity index (χ3n) is 3.18. The Kier molecular flexibility index (Phi) is 3.01. The number of imidazole rings is 1. The maximum atomic E-state index is 9.61. The van der Waals surface area contributed by atoms with Crippen LogP contribution >= 0.6 is 11.6 Å². The molecule has 0 bridgehead atoms. The number of hydrogen-bond donors (Lipinski definition) is 1. The van der Waals surface area contributed by atoms with Gasteiger partial charge in [0.15, 0.2) is 5.65 Å². The van der Waals surface area contributed by atoms with Crippen molar-refractivity contribution in [3.63, 3.8) is 0 Å². The standard InChI is InChI=1S/C15H13ClN2O/c1-10-4-6-11(7-5-10)14-13(9-19)18-8-2-3-12(16)15(18)17-14/h2-8,19H,9H2,1H3. The third-order valence-corrected chi connectivity index (χ3v) is 3.47. The Morgan fingerprint density at radius 3 is 2.63 bits per heavy atom. The van der Waals surface area contributed by atoms with Gasteiger partial charge in [0, 0.05) is 11.8 Å². The molecular weight excluding hydrogens is 260 g/mol. The minimum Gasteiger partial charge on any atom is -0.390 e. The van der Waals surface area contributed by atoms with E-state index in [0.29, 0.717) is 10.7 Å². The first-order chi connectivity index (χ1) is 9.20. The summed E-state index contributed by atoms with van der Waals surface area (Å²) in [4.78, 5) is 4.55. The summed E-state index contributed by atoms with van der Waals surface area (Å²) in [5.41, 5.74) is 4.37. The summed E-state index contributed by atoms with van der Waals surface area (Å²) in [6.07, 6.45) is 1.86. The molecule has 1 N–H and O–H groups in total. The van der Waals surface area contributed by atoms with E-state index in [0.717, 1.165) is 17.0 Å². The Morgan fingerprint density at radius 2 is 1.95 bits per heavy atom. The van der Waals surface area contributed by atoms with Crippen molar-refractivity contribution in [2.45, 2.75) is 13.5 Å². The molecule has 0 radical (unpaired) electrons. The van der Waals surface area contributed by atoms with Crippen LogP contribution in [0.25, 0.3) is 16.9 Å². The van der Waals surface area contributed by atoms with Crippen LogP contribution in [0.4, 0.5) is 0 Å². The largest absolute Gasteiger partial charge is 0.390 e. The lowest BCUT2D eigenvalue weighted by atomic mass is 10.1. The van der Waals surface area contributed by atoms with Crippen LogP contribution in [-0.2, 0) is 6.61 Å². The van der Waals surface area contributed by atoms with E-state index in [4.69, 9.17) is 11.6 Å². The van der Waals surface area contributed by atoms with Gasteiger partial charge in [-0.25, -0.2) is 4.98 Å². The Morgan fingerprint density at radius 1 is 1.21 bits per heavy atom. The fourth-order valence-electron chi connectivity index (χ4n) is 2.18. The second-order valence-electron chi connectivity index (χ2n) is 4.48. The van der Waals surface area contributed by atoms with Crippen molar-refractivity contribution in [2.75, 3.05) is 0 Å². The molecule has 0 saturated carbocycles. The van der Waals surface area contributed by atoms with E-state index >= 15 is 0 Å². The van der Waals surface area contributed by atoms with E-state index in [9.17, 15) is 5.11 Å². The topological polar surface area (TPSA) is 37.5 Å². The maximum Gasteiger partial charge on any atom is 0.156 e. The molecule has 0 aliphatic heterocycles. The zero-order chi connectivity index (χ0) is 13.4. The summed E-state index contributed by atoms with van der Waals surface area (Å²) in [6, 6.07) is 11.7. The van der Waals surface area contributed by atoms with E-state index in [1.807, 2.05) is 47.9 Å². The lowest BCUT2D eigenvalue weighted by Gasteiger charge is -2.02.